The summed E-state index contributed by atoms with van der Waals surface area (Å²) in [6.07, 6.45) is 7.93. The van der Waals surface area contributed by atoms with E-state index in [0.29, 0.717) is 12.3 Å². The maximum Gasteiger partial charge on any atom is 0.0894 e. The third kappa shape index (κ3) is 5.78. The van der Waals surface area contributed by atoms with Gasteiger partial charge in [-0.15, -0.1) is 0 Å². The molecule has 1 fully saturated rings. The molecule has 1 saturated heterocycles. The van der Waals surface area contributed by atoms with Crippen LogP contribution < -0.4 is 0 Å². The molecule has 1 unspecified atom stereocenters. The molecular formula is C19H30FN. The molecule has 0 saturated carbocycles. The number of likely N-dealkylation sites (tertiary alicyclic amines) is 1. The molecule has 1 nitrogen and oxygen atoms in total. The second-order valence-corrected chi connectivity index (χ2v) is 6.48. The van der Waals surface area contributed by atoms with E-state index in [4.69, 9.17) is 0 Å². The zero-order chi connectivity index (χ0) is 14.9. The third-order valence-corrected chi connectivity index (χ3v) is 4.72. The van der Waals surface area contributed by atoms with Gasteiger partial charge in [-0.3, -0.25) is 4.39 Å². The molecule has 1 heterocycles. The molecule has 1 aliphatic heterocycles. The predicted molar refractivity (Wildman–Crippen MR) is 88.7 cm³/mol. The van der Waals surface area contributed by atoms with Gasteiger partial charge in [-0.1, -0.05) is 37.6 Å². The van der Waals surface area contributed by atoms with Crippen LogP contribution in [0.1, 0.15) is 62.5 Å². The smallest absolute Gasteiger partial charge is 0.0894 e. The van der Waals surface area contributed by atoms with Crippen LogP contribution in [0.5, 0.6) is 0 Å². The summed E-state index contributed by atoms with van der Waals surface area (Å²) in [6, 6.07) is 9.10. The van der Waals surface area contributed by atoms with E-state index in [1.807, 2.05) is 0 Å². The minimum Gasteiger partial charge on any atom is -0.303 e. The van der Waals surface area contributed by atoms with Crippen molar-refractivity contribution in [1.82, 2.24) is 4.90 Å². The van der Waals surface area contributed by atoms with Crippen molar-refractivity contribution in [3.8, 4) is 0 Å². The Hall–Kier alpha value is -0.890. The number of rotatable bonds is 9. The van der Waals surface area contributed by atoms with Crippen LogP contribution in [0.3, 0.4) is 0 Å². The average Bonchev–Trinajstić information content (AvgIpc) is 3.03. The minimum absolute atomic E-state index is 0.173. The van der Waals surface area contributed by atoms with E-state index >= 15 is 0 Å². The first-order valence-corrected chi connectivity index (χ1v) is 8.67. The molecule has 1 aromatic carbocycles. The topological polar surface area (TPSA) is 3.24 Å². The second kappa shape index (κ2) is 9.19. The lowest BCUT2D eigenvalue weighted by Gasteiger charge is -2.18. The van der Waals surface area contributed by atoms with Crippen molar-refractivity contribution >= 4 is 0 Å². The van der Waals surface area contributed by atoms with Crippen molar-refractivity contribution in [3.05, 3.63) is 35.4 Å². The van der Waals surface area contributed by atoms with Crippen LogP contribution >= 0.6 is 0 Å². The fourth-order valence-corrected chi connectivity index (χ4v) is 3.16. The highest BCUT2D eigenvalue weighted by atomic mass is 19.1. The maximum atomic E-state index is 12.0. The fraction of sp³-hybridized carbons (Fsp3) is 0.684. The van der Waals surface area contributed by atoms with E-state index in [1.165, 1.54) is 50.0 Å². The molecule has 0 amide bonds. The fourth-order valence-electron chi connectivity index (χ4n) is 3.16. The van der Waals surface area contributed by atoms with Crippen LogP contribution in [0, 0.1) is 0 Å². The molecule has 2 heteroatoms. The third-order valence-electron chi connectivity index (χ3n) is 4.72. The van der Waals surface area contributed by atoms with E-state index in [2.05, 4.69) is 36.1 Å². The Kier molecular flexibility index (Phi) is 7.21. The molecule has 0 spiro atoms. The van der Waals surface area contributed by atoms with E-state index in [-0.39, 0.29) is 6.67 Å². The summed E-state index contributed by atoms with van der Waals surface area (Å²) < 4.78 is 12.0. The summed E-state index contributed by atoms with van der Waals surface area (Å²) in [5, 5.41) is 0. The molecule has 0 bridgehead atoms. The molecule has 2 rings (SSSR count). The van der Waals surface area contributed by atoms with Crippen molar-refractivity contribution in [2.75, 3.05) is 26.3 Å². The summed E-state index contributed by atoms with van der Waals surface area (Å²) in [5.74, 6) is 0.645. The van der Waals surface area contributed by atoms with Gasteiger partial charge in [-0.05, 0) is 75.2 Å². The first-order valence-electron chi connectivity index (χ1n) is 8.67. The Bertz CT molecular complexity index is 381. The van der Waals surface area contributed by atoms with Crippen molar-refractivity contribution in [2.45, 2.75) is 57.8 Å². The highest BCUT2D eigenvalue weighted by molar-refractivity contribution is 5.25. The Balaban J connectivity index is 1.72. The molecule has 1 aromatic rings. The van der Waals surface area contributed by atoms with Crippen molar-refractivity contribution in [1.29, 1.82) is 0 Å². The van der Waals surface area contributed by atoms with Gasteiger partial charge in [0.25, 0.3) is 0 Å². The molecule has 0 N–H and O–H groups in total. The molecule has 1 atom stereocenters. The van der Waals surface area contributed by atoms with Gasteiger partial charge in [0, 0.05) is 0 Å². The van der Waals surface area contributed by atoms with Gasteiger partial charge in [0.2, 0.25) is 0 Å². The quantitative estimate of drug-likeness (QED) is 0.581. The number of nitrogens with zero attached hydrogens (tertiary/aromatic N) is 1. The highest BCUT2D eigenvalue weighted by Gasteiger charge is 2.13. The van der Waals surface area contributed by atoms with Crippen molar-refractivity contribution in [2.24, 2.45) is 0 Å². The summed E-state index contributed by atoms with van der Waals surface area (Å²) in [4.78, 5) is 2.59. The number of hydrogen-bond donors (Lipinski definition) is 0. The zero-order valence-corrected chi connectivity index (χ0v) is 13.5. The number of benzene rings is 1. The first kappa shape index (κ1) is 16.5. The van der Waals surface area contributed by atoms with E-state index in [0.717, 1.165) is 19.3 Å². The van der Waals surface area contributed by atoms with Gasteiger partial charge < -0.3 is 4.90 Å². The number of aryl methyl sites for hydroxylation is 1. The Morgan fingerprint density at radius 2 is 1.76 bits per heavy atom. The lowest BCUT2D eigenvalue weighted by Crippen LogP contribution is -2.21. The van der Waals surface area contributed by atoms with Crippen molar-refractivity contribution < 1.29 is 4.39 Å². The largest absolute Gasteiger partial charge is 0.303 e. The van der Waals surface area contributed by atoms with Gasteiger partial charge in [0.1, 0.15) is 0 Å². The summed E-state index contributed by atoms with van der Waals surface area (Å²) >= 11 is 0. The molecule has 118 valence electrons. The lowest BCUT2D eigenvalue weighted by molar-refractivity contribution is 0.324. The van der Waals surface area contributed by atoms with Gasteiger partial charge >= 0.3 is 0 Å². The lowest BCUT2D eigenvalue weighted by atomic mass is 9.95. The summed E-state index contributed by atoms with van der Waals surface area (Å²) in [5.41, 5.74) is 2.85. The second-order valence-electron chi connectivity index (χ2n) is 6.48. The minimum atomic E-state index is -0.173. The summed E-state index contributed by atoms with van der Waals surface area (Å²) in [7, 11) is 0. The van der Waals surface area contributed by atoms with Gasteiger partial charge in [-0.25, -0.2) is 0 Å². The molecule has 21 heavy (non-hydrogen) atoms. The van der Waals surface area contributed by atoms with Gasteiger partial charge in [-0.2, -0.15) is 0 Å². The normalized spacial score (nSPS) is 17.2. The Morgan fingerprint density at radius 1 is 1.05 bits per heavy atom. The van der Waals surface area contributed by atoms with Crippen LogP contribution in [0.25, 0.3) is 0 Å². The Morgan fingerprint density at radius 3 is 2.43 bits per heavy atom. The number of hydrogen-bond acceptors (Lipinski definition) is 1. The maximum absolute atomic E-state index is 12.0. The van der Waals surface area contributed by atoms with Crippen LogP contribution in [0.15, 0.2) is 24.3 Å². The van der Waals surface area contributed by atoms with Crippen LogP contribution in [0.4, 0.5) is 4.39 Å². The number of unbranched alkanes of at least 4 members (excludes halogenated alkanes) is 2. The van der Waals surface area contributed by atoms with Crippen molar-refractivity contribution in [3.63, 3.8) is 0 Å². The van der Waals surface area contributed by atoms with Crippen LogP contribution in [-0.4, -0.2) is 31.2 Å². The zero-order valence-electron chi connectivity index (χ0n) is 13.5. The van der Waals surface area contributed by atoms with Gasteiger partial charge in [0.05, 0.1) is 6.67 Å². The van der Waals surface area contributed by atoms with Gasteiger partial charge in [0.15, 0.2) is 0 Å². The summed E-state index contributed by atoms with van der Waals surface area (Å²) in [6.45, 7) is 6.00. The van der Waals surface area contributed by atoms with E-state index in [1.54, 1.807) is 0 Å². The standard InChI is InChI=1S/C19H30FN/c1-17(12-16-21-14-5-6-15-21)19-10-8-18(9-11-19)7-3-2-4-13-20/h8-11,17H,2-7,12-16H2,1H3. The van der Waals surface area contributed by atoms with Crippen LogP contribution in [-0.2, 0) is 6.42 Å². The van der Waals surface area contributed by atoms with Crippen LogP contribution in [0.2, 0.25) is 0 Å². The number of halogens is 1. The molecule has 0 aromatic heterocycles. The monoisotopic (exact) mass is 291 g/mol. The molecule has 0 radical (unpaired) electrons. The SMILES string of the molecule is CC(CCN1CCCC1)c1ccc(CCCCCF)cc1. The first-order chi connectivity index (χ1) is 10.3. The molecular weight excluding hydrogens is 261 g/mol. The molecule has 1 aliphatic rings. The Labute approximate surface area is 129 Å². The van der Waals surface area contributed by atoms with E-state index < -0.39 is 0 Å². The number of alkyl halides is 1. The van der Waals surface area contributed by atoms with E-state index in [9.17, 15) is 4.39 Å². The molecule has 0 aliphatic carbocycles. The average molecular weight is 291 g/mol. The highest BCUT2D eigenvalue weighted by Crippen LogP contribution is 2.21. The predicted octanol–water partition coefficient (Wildman–Crippen LogP) is 4.96.